The van der Waals surface area contributed by atoms with Gasteiger partial charge in [-0.15, -0.1) is 0 Å². The van der Waals surface area contributed by atoms with Crippen LogP contribution in [0.2, 0.25) is 0 Å². The Labute approximate surface area is 136 Å². The number of carbonyl (C=O) groups excluding carboxylic acids is 1. The molecule has 0 aliphatic carbocycles. The van der Waals surface area contributed by atoms with Crippen LogP contribution in [-0.4, -0.2) is 24.6 Å². The van der Waals surface area contributed by atoms with Crippen LogP contribution in [0.4, 0.5) is 5.69 Å². The van der Waals surface area contributed by atoms with Gasteiger partial charge >= 0.3 is 0 Å². The number of ether oxygens (including phenoxy) is 2. The van der Waals surface area contributed by atoms with Crippen LogP contribution < -0.4 is 14.4 Å². The van der Waals surface area contributed by atoms with Gasteiger partial charge in [0.1, 0.15) is 15.1 Å². The Balaban J connectivity index is 1.89. The largest absolute Gasteiger partial charge is 0.497 e. The lowest BCUT2D eigenvalue weighted by atomic mass is 10.2. The summed E-state index contributed by atoms with van der Waals surface area (Å²) in [6.07, 6.45) is 0. The van der Waals surface area contributed by atoms with Crippen LogP contribution in [0.3, 0.4) is 0 Å². The molecular weight excluding hydrogens is 383 g/mol. The first-order valence-corrected chi connectivity index (χ1v) is 7.48. The first-order valence-electron chi connectivity index (χ1n) is 6.40. The van der Waals surface area contributed by atoms with E-state index in [1.165, 1.54) is 0 Å². The van der Waals surface area contributed by atoms with Crippen LogP contribution in [-0.2, 0) is 11.3 Å². The van der Waals surface area contributed by atoms with Crippen LogP contribution in [0.5, 0.6) is 11.6 Å². The number of fused-ring (bicyclic) bond motifs is 1. The summed E-state index contributed by atoms with van der Waals surface area (Å²) in [7, 11) is 1.63. The summed E-state index contributed by atoms with van der Waals surface area (Å²) in [5.74, 6) is 1.24. The Morgan fingerprint density at radius 1 is 1.29 bits per heavy atom. The summed E-state index contributed by atoms with van der Waals surface area (Å²) >= 11 is 2.12. The van der Waals surface area contributed by atoms with Gasteiger partial charge in [0.25, 0.3) is 5.91 Å². The summed E-state index contributed by atoms with van der Waals surface area (Å²) in [5, 5.41) is 0. The molecule has 2 aromatic rings. The lowest BCUT2D eigenvalue weighted by molar-refractivity contribution is -0.121. The average molecular weight is 396 g/mol. The van der Waals surface area contributed by atoms with Crippen LogP contribution >= 0.6 is 22.6 Å². The summed E-state index contributed by atoms with van der Waals surface area (Å²) in [6.45, 7) is 0.512. The van der Waals surface area contributed by atoms with Gasteiger partial charge in [-0.05, 0) is 52.4 Å². The maximum atomic E-state index is 12.1. The van der Waals surface area contributed by atoms with E-state index in [4.69, 9.17) is 9.47 Å². The fourth-order valence-electron chi connectivity index (χ4n) is 2.15. The standard InChI is InChI=1S/C15H13IN2O3/c1-20-11-4-2-10(3-5-11)8-18-12-6-7-13(16)17-15(12)21-9-14(18)19/h2-7H,8-9H2,1H3. The molecule has 21 heavy (non-hydrogen) atoms. The van der Waals surface area contributed by atoms with Gasteiger partial charge < -0.3 is 14.4 Å². The van der Waals surface area contributed by atoms with Crippen molar-refractivity contribution in [1.29, 1.82) is 0 Å². The zero-order valence-corrected chi connectivity index (χ0v) is 13.5. The predicted molar refractivity (Wildman–Crippen MR) is 86.6 cm³/mol. The summed E-state index contributed by atoms with van der Waals surface area (Å²) < 4.78 is 11.4. The van der Waals surface area contributed by atoms with Crippen molar-refractivity contribution in [3.05, 3.63) is 45.7 Å². The average Bonchev–Trinajstić information content (AvgIpc) is 2.51. The van der Waals surface area contributed by atoms with E-state index in [2.05, 4.69) is 27.6 Å². The maximum Gasteiger partial charge on any atom is 0.265 e. The number of anilines is 1. The van der Waals surface area contributed by atoms with Gasteiger partial charge in [-0.2, -0.15) is 0 Å². The van der Waals surface area contributed by atoms with Gasteiger partial charge in [0.2, 0.25) is 5.88 Å². The van der Waals surface area contributed by atoms with Crippen molar-refractivity contribution >= 4 is 34.2 Å². The fourth-order valence-corrected chi connectivity index (χ4v) is 2.55. The Kier molecular flexibility index (Phi) is 3.96. The van der Waals surface area contributed by atoms with Gasteiger partial charge in [-0.1, -0.05) is 12.1 Å². The smallest absolute Gasteiger partial charge is 0.265 e. The van der Waals surface area contributed by atoms with Gasteiger partial charge in [-0.25, -0.2) is 4.98 Å². The van der Waals surface area contributed by atoms with Gasteiger partial charge in [-0.3, -0.25) is 4.79 Å². The molecule has 0 saturated heterocycles. The number of hydrogen-bond acceptors (Lipinski definition) is 4. The molecule has 1 aromatic heterocycles. The third kappa shape index (κ3) is 2.94. The van der Waals surface area contributed by atoms with Gasteiger partial charge in [0, 0.05) is 0 Å². The number of amides is 1. The van der Waals surface area contributed by atoms with Crippen LogP contribution in [0.15, 0.2) is 36.4 Å². The van der Waals surface area contributed by atoms with E-state index in [-0.39, 0.29) is 12.5 Å². The van der Waals surface area contributed by atoms with Crippen LogP contribution in [0.25, 0.3) is 0 Å². The van der Waals surface area contributed by atoms with E-state index in [0.29, 0.717) is 18.1 Å². The Morgan fingerprint density at radius 2 is 2.05 bits per heavy atom. The highest BCUT2D eigenvalue weighted by Gasteiger charge is 2.26. The number of benzene rings is 1. The lowest BCUT2D eigenvalue weighted by Crippen LogP contribution is -2.38. The molecular formula is C15H13IN2O3. The van der Waals surface area contributed by atoms with E-state index >= 15 is 0 Å². The second-order valence-electron chi connectivity index (χ2n) is 4.57. The highest BCUT2D eigenvalue weighted by Crippen LogP contribution is 2.31. The molecule has 5 nitrogen and oxygen atoms in total. The predicted octanol–water partition coefficient (Wildman–Crippen LogP) is 2.62. The number of carbonyl (C=O) groups is 1. The molecule has 0 spiro atoms. The maximum absolute atomic E-state index is 12.1. The molecule has 1 amide bonds. The number of pyridine rings is 1. The van der Waals surface area contributed by atoms with Crippen LogP contribution in [0, 0.1) is 3.70 Å². The molecule has 2 heterocycles. The molecule has 1 aromatic carbocycles. The van der Waals surface area contributed by atoms with Crippen molar-refractivity contribution in [2.24, 2.45) is 0 Å². The first-order chi connectivity index (χ1) is 10.2. The molecule has 6 heteroatoms. The molecule has 0 saturated carbocycles. The number of aromatic nitrogens is 1. The highest BCUT2D eigenvalue weighted by atomic mass is 127. The fraction of sp³-hybridized carbons (Fsp3) is 0.200. The number of methoxy groups -OCH3 is 1. The van der Waals surface area contributed by atoms with Gasteiger partial charge in [0.15, 0.2) is 6.61 Å². The van der Waals surface area contributed by atoms with E-state index in [1.807, 2.05) is 36.4 Å². The van der Waals surface area contributed by atoms with E-state index in [0.717, 1.165) is 15.0 Å². The Morgan fingerprint density at radius 3 is 2.76 bits per heavy atom. The second-order valence-corrected chi connectivity index (χ2v) is 5.68. The van der Waals surface area contributed by atoms with E-state index < -0.39 is 0 Å². The second kappa shape index (κ2) is 5.88. The van der Waals surface area contributed by atoms with E-state index in [9.17, 15) is 4.79 Å². The van der Waals surface area contributed by atoms with Crippen molar-refractivity contribution in [3.63, 3.8) is 0 Å². The summed E-state index contributed by atoms with van der Waals surface area (Å²) in [6, 6.07) is 11.4. The molecule has 3 rings (SSSR count). The first kappa shape index (κ1) is 14.1. The van der Waals surface area contributed by atoms with Gasteiger partial charge in [0.05, 0.1) is 13.7 Å². The topological polar surface area (TPSA) is 51.7 Å². The number of hydrogen-bond donors (Lipinski definition) is 0. The minimum absolute atomic E-state index is 0.0241. The molecule has 0 fully saturated rings. The molecule has 0 radical (unpaired) electrons. The SMILES string of the molecule is COc1ccc(CN2C(=O)COc3nc(I)ccc32)cc1. The van der Waals surface area contributed by atoms with Crippen molar-refractivity contribution in [3.8, 4) is 11.6 Å². The van der Waals surface area contributed by atoms with Crippen molar-refractivity contribution in [1.82, 2.24) is 4.98 Å². The van der Waals surface area contributed by atoms with Crippen molar-refractivity contribution in [2.75, 3.05) is 18.6 Å². The van der Waals surface area contributed by atoms with E-state index in [1.54, 1.807) is 12.0 Å². The third-order valence-electron chi connectivity index (χ3n) is 3.23. The molecule has 1 aliphatic rings. The molecule has 0 atom stereocenters. The molecule has 0 bridgehead atoms. The molecule has 108 valence electrons. The van der Waals surface area contributed by atoms with Crippen LogP contribution in [0.1, 0.15) is 5.56 Å². The normalized spacial score (nSPS) is 13.6. The van der Waals surface area contributed by atoms with Crippen molar-refractivity contribution < 1.29 is 14.3 Å². The quantitative estimate of drug-likeness (QED) is 0.592. The monoisotopic (exact) mass is 396 g/mol. The summed E-state index contributed by atoms with van der Waals surface area (Å²) in [4.78, 5) is 18.1. The van der Waals surface area contributed by atoms with Crippen molar-refractivity contribution in [2.45, 2.75) is 6.54 Å². The summed E-state index contributed by atoms with van der Waals surface area (Å²) in [5.41, 5.74) is 1.73. The lowest BCUT2D eigenvalue weighted by Gasteiger charge is -2.28. The highest BCUT2D eigenvalue weighted by molar-refractivity contribution is 14.1. The Bertz CT molecular complexity index is 673. The number of rotatable bonds is 3. The number of nitrogens with zero attached hydrogens (tertiary/aromatic N) is 2. The Hall–Kier alpha value is -1.83. The third-order valence-corrected chi connectivity index (χ3v) is 3.83. The molecule has 1 aliphatic heterocycles. The zero-order chi connectivity index (χ0) is 14.8. The minimum atomic E-state index is -0.0682. The number of halogens is 1. The molecule has 0 N–H and O–H groups in total. The minimum Gasteiger partial charge on any atom is -0.497 e. The zero-order valence-electron chi connectivity index (χ0n) is 11.4. The molecule has 0 unspecified atom stereocenters.